The van der Waals surface area contributed by atoms with Crippen LogP contribution in [0, 0.1) is 0 Å². The van der Waals surface area contributed by atoms with Crippen LogP contribution in [0.25, 0.3) is 0 Å². The molecular weight excluding hydrogens is 348 g/mol. The molecule has 0 saturated carbocycles. The van der Waals surface area contributed by atoms with Gasteiger partial charge in [0.1, 0.15) is 5.75 Å². The minimum Gasteiger partial charge on any atom is -0.494 e. The lowest BCUT2D eigenvalue weighted by molar-refractivity contribution is -0.131. The summed E-state index contributed by atoms with van der Waals surface area (Å²) in [6.07, 6.45) is 4.50. The molecule has 0 heterocycles. The Labute approximate surface area is 148 Å². The Morgan fingerprint density at radius 2 is 1.96 bits per heavy atom. The predicted molar refractivity (Wildman–Crippen MR) is 98.3 cm³/mol. The third-order valence-corrected chi connectivity index (χ3v) is 5.26. The number of hydrogen-bond acceptors (Lipinski definition) is 6. The SMILES string of the molecule is CSCC[C@H](N)C(=O)N(C)CCCOc1ccc(S(C)(=O)=O)cc1. The fourth-order valence-electron chi connectivity index (χ4n) is 2.04. The number of benzene rings is 1. The summed E-state index contributed by atoms with van der Waals surface area (Å²) in [5.41, 5.74) is 5.86. The molecule has 0 aliphatic rings. The molecule has 24 heavy (non-hydrogen) atoms. The van der Waals surface area contributed by atoms with Gasteiger partial charge in [0, 0.05) is 19.8 Å². The molecule has 6 nitrogen and oxygen atoms in total. The van der Waals surface area contributed by atoms with E-state index in [4.69, 9.17) is 10.5 Å². The maximum absolute atomic E-state index is 12.0. The number of carbonyl (C=O) groups excluding carboxylic acids is 1. The first-order valence-corrected chi connectivity index (χ1v) is 11.0. The molecule has 0 saturated heterocycles. The normalized spacial score (nSPS) is 12.7. The van der Waals surface area contributed by atoms with Crippen LogP contribution in [0.15, 0.2) is 29.2 Å². The zero-order valence-electron chi connectivity index (χ0n) is 14.4. The van der Waals surface area contributed by atoms with Crippen LogP contribution in [0.5, 0.6) is 5.75 Å². The number of rotatable bonds is 10. The molecule has 0 aromatic heterocycles. The summed E-state index contributed by atoms with van der Waals surface area (Å²) in [6, 6.07) is 5.84. The van der Waals surface area contributed by atoms with E-state index in [0.29, 0.717) is 31.7 Å². The number of likely N-dealkylation sites (N-methyl/N-ethyl adjacent to an activating group) is 1. The average molecular weight is 375 g/mol. The summed E-state index contributed by atoms with van der Waals surface area (Å²) < 4.78 is 28.3. The number of thioether (sulfide) groups is 1. The molecule has 1 aromatic rings. The van der Waals surface area contributed by atoms with Crippen LogP contribution < -0.4 is 10.5 Å². The van der Waals surface area contributed by atoms with Gasteiger partial charge in [0.25, 0.3) is 0 Å². The van der Waals surface area contributed by atoms with Gasteiger partial charge < -0.3 is 15.4 Å². The van der Waals surface area contributed by atoms with Crippen molar-refractivity contribution in [3.8, 4) is 5.75 Å². The van der Waals surface area contributed by atoms with Gasteiger partial charge in [-0.1, -0.05) is 0 Å². The zero-order valence-corrected chi connectivity index (χ0v) is 16.0. The summed E-state index contributed by atoms with van der Waals surface area (Å²) >= 11 is 1.67. The summed E-state index contributed by atoms with van der Waals surface area (Å²) in [6.45, 7) is 1.00. The highest BCUT2D eigenvalue weighted by Gasteiger charge is 2.17. The standard InChI is InChI=1S/C16H26N2O4S2/c1-18(16(19)15(17)9-12-23-2)10-4-11-22-13-5-7-14(8-6-13)24(3,20)21/h5-8,15H,4,9-12,17H2,1-3H3/t15-/m0/s1. The van der Waals surface area contributed by atoms with Crippen LogP contribution in [0.3, 0.4) is 0 Å². The second-order valence-corrected chi connectivity index (χ2v) is 8.59. The van der Waals surface area contributed by atoms with Gasteiger partial charge in [-0.2, -0.15) is 11.8 Å². The number of hydrogen-bond donors (Lipinski definition) is 1. The van der Waals surface area contributed by atoms with E-state index in [1.165, 1.54) is 18.4 Å². The van der Waals surface area contributed by atoms with Crippen molar-refractivity contribution in [2.45, 2.75) is 23.8 Å². The molecule has 0 aliphatic carbocycles. The second-order valence-electron chi connectivity index (χ2n) is 5.59. The number of nitrogens with zero attached hydrogens (tertiary/aromatic N) is 1. The highest BCUT2D eigenvalue weighted by atomic mass is 32.2. The highest BCUT2D eigenvalue weighted by Crippen LogP contribution is 2.16. The molecule has 8 heteroatoms. The van der Waals surface area contributed by atoms with Gasteiger partial charge in [-0.15, -0.1) is 0 Å². The van der Waals surface area contributed by atoms with Gasteiger partial charge in [-0.05, 0) is 49.1 Å². The van der Waals surface area contributed by atoms with Crippen molar-refractivity contribution < 1.29 is 17.9 Å². The van der Waals surface area contributed by atoms with Gasteiger partial charge in [0.2, 0.25) is 5.91 Å². The molecule has 1 atom stereocenters. The minimum atomic E-state index is -3.19. The maximum atomic E-state index is 12.0. The molecule has 1 amide bonds. The van der Waals surface area contributed by atoms with Crippen molar-refractivity contribution in [3.05, 3.63) is 24.3 Å². The molecule has 0 bridgehead atoms. The van der Waals surface area contributed by atoms with Gasteiger partial charge >= 0.3 is 0 Å². The van der Waals surface area contributed by atoms with E-state index in [9.17, 15) is 13.2 Å². The minimum absolute atomic E-state index is 0.0541. The first-order chi connectivity index (χ1) is 11.3. The first kappa shape index (κ1) is 20.8. The quantitative estimate of drug-likeness (QED) is 0.623. The fourth-order valence-corrected chi connectivity index (χ4v) is 3.16. The lowest BCUT2D eigenvalue weighted by Gasteiger charge is -2.21. The van der Waals surface area contributed by atoms with Crippen molar-refractivity contribution >= 4 is 27.5 Å². The Morgan fingerprint density at radius 1 is 1.33 bits per heavy atom. The van der Waals surface area contributed by atoms with Crippen LogP contribution in [-0.4, -0.2) is 63.7 Å². The molecule has 0 fully saturated rings. The van der Waals surface area contributed by atoms with Gasteiger partial charge in [0.15, 0.2) is 9.84 Å². The van der Waals surface area contributed by atoms with Gasteiger partial charge in [0.05, 0.1) is 17.5 Å². The van der Waals surface area contributed by atoms with Crippen LogP contribution in [0.4, 0.5) is 0 Å². The number of ether oxygens (including phenoxy) is 1. The van der Waals surface area contributed by atoms with Crippen molar-refractivity contribution in [3.63, 3.8) is 0 Å². The van der Waals surface area contributed by atoms with E-state index in [-0.39, 0.29) is 10.8 Å². The molecule has 1 rings (SSSR count). The molecule has 0 radical (unpaired) electrons. The Hall–Kier alpha value is -1.25. The average Bonchev–Trinajstić information content (AvgIpc) is 2.55. The number of nitrogens with two attached hydrogens (primary N) is 1. The van der Waals surface area contributed by atoms with E-state index >= 15 is 0 Å². The monoisotopic (exact) mass is 374 g/mol. The Balaban J connectivity index is 2.34. The molecule has 1 aromatic carbocycles. The summed E-state index contributed by atoms with van der Waals surface area (Å²) in [4.78, 5) is 13.9. The van der Waals surface area contributed by atoms with Crippen molar-refractivity contribution in [2.75, 3.05) is 38.5 Å². The molecule has 136 valence electrons. The lowest BCUT2D eigenvalue weighted by atomic mass is 10.2. The maximum Gasteiger partial charge on any atom is 0.239 e. The first-order valence-electron chi connectivity index (χ1n) is 7.68. The third kappa shape index (κ3) is 7.11. The van der Waals surface area contributed by atoms with E-state index in [0.717, 1.165) is 5.75 Å². The number of sulfone groups is 1. The third-order valence-electron chi connectivity index (χ3n) is 3.48. The zero-order chi connectivity index (χ0) is 18.2. The van der Waals surface area contributed by atoms with Crippen LogP contribution >= 0.6 is 11.8 Å². The topological polar surface area (TPSA) is 89.7 Å². The van der Waals surface area contributed by atoms with Crippen LogP contribution in [-0.2, 0) is 14.6 Å². The highest BCUT2D eigenvalue weighted by molar-refractivity contribution is 7.98. The van der Waals surface area contributed by atoms with Crippen molar-refractivity contribution in [2.24, 2.45) is 5.73 Å². The summed E-state index contributed by atoms with van der Waals surface area (Å²) in [5.74, 6) is 1.42. The van der Waals surface area contributed by atoms with Gasteiger partial charge in [-0.25, -0.2) is 8.42 Å². The Morgan fingerprint density at radius 3 is 2.50 bits per heavy atom. The van der Waals surface area contributed by atoms with Gasteiger partial charge in [-0.3, -0.25) is 4.79 Å². The van der Waals surface area contributed by atoms with Crippen molar-refractivity contribution in [1.29, 1.82) is 0 Å². The van der Waals surface area contributed by atoms with E-state index < -0.39 is 15.9 Å². The van der Waals surface area contributed by atoms with Crippen molar-refractivity contribution in [1.82, 2.24) is 4.90 Å². The summed E-state index contributed by atoms with van der Waals surface area (Å²) in [5, 5.41) is 0. The largest absolute Gasteiger partial charge is 0.494 e. The van der Waals surface area contributed by atoms with Crippen LogP contribution in [0.2, 0.25) is 0 Å². The van der Waals surface area contributed by atoms with E-state index in [2.05, 4.69) is 0 Å². The molecule has 0 unspecified atom stereocenters. The Bertz CT molecular complexity index is 617. The van der Waals surface area contributed by atoms with E-state index in [1.54, 1.807) is 35.8 Å². The summed E-state index contributed by atoms with van der Waals surface area (Å²) in [7, 11) is -1.46. The van der Waals surface area contributed by atoms with E-state index in [1.807, 2.05) is 6.26 Å². The number of carbonyl (C=O) groups is 1. The fraction of sp³-hybridized carbons (Fsp3) is 0.562. The van der Waals surface area contributed by atoms with Crippen LogP contribution in [0.1, 0.15) is 12.8 Å². The molecule has 0 spiro atoms. The second kappa shape index (κ2) is 9.90. The smallest absolute Gasteiger partial charge is 0.239 e. The predicted octanol–water partition coefficient (Wildman–Crippen LogP) is 1.40. The molecule has 2 N–H and O–H groups in total. The molecule has 0 aliphatic heterocycles. The lowest BCUT2D eigenvalue weighted by Crippen LogP contribution is -2.42. The molecular formula is C16H26N2O4S2. The number of amides is 1. The Kier molecular flexibility index (Phi) is 8.58.